The van der Waals surface area contributed by atoms with Crippen molar-refractivity contribution in [1.82, 2.24) is 14.7 Å². The van der Waals surface area contributed by atoms with Crippen LogP contribution in [0.2, 0.25) is 0 Å². The summed E-state index contributed by atoms with van der Waals surface area (Å²) in [7, 11) is 1.67. The van der Waals surface area contributed by atoms with Gasteiger partial charge in [-0.2, -0.15) is 5.10 Å². The highest BCUT2D eigenvalue weighted by molar-refractivity contribution is 5.79. The maximum atomic E-state index is 13.5. The van der Waals surface area contributed by atoms with E-state index in [0.29, 0.717) is 5.56 Å². The fraction of sp³-hybridized carbons (Fsp3) is 0.273. The van der Waals surface area contributed by atoms with Gasteiger partial charge in [-0.25, -0.2) is 13.5 Å². The molecular weight excluding hydrogens is 360 g/mol. The lowest BCUT2D eigenvalue weighted by Crippen LogP contribution is -2.31. The molecule has 146 valence electrons. The van der Waals surface area contributed by atoms with Gasteiger partial charge < -0.3 is 4.90 Å². The van der Waals surface area contributed by atoms with Gasteiger partial charge in [-0.05, 0) is 50.6 Å². The van der Waals surface area contributed by atoms with Crippen molar-refractivity contribution in [3.63, 3.8) is 0 Å². The molecule has 28 heavy (non-hydrogen) atoms. The van der Waals surface area contributed by atoms with Gasteiger partial charge in [0, 0.05) is 18.3 Å². The largest absolute Gasteiger partial charge is 0.339 e. The lowest BCUT2D eigenvalue weighted by atomic mass is 10.0. The quantitative estimate of drug-likeness (QED) is 0.649. The van der Waals surface area contributed by atoms with E-state index < -0.39 is 11.6 Å². The summed E-state index contributed by atoms with van der Waals surface area (Å²) in [4.78, 5) is 14.4. The van der Waals surface area contributed by atoms with Crippen molar-refractivity contribution >= 4 is 5.91 Å². The molecule has 0 spiro atoms. The molecule has 3 rings (SSSR count). The van der Waals surface area contributed by atoms with Gasteiger partial charge in [0.05, 0.1) is 23.8 Å². The van der Waals surface area contributed by atoms with Gasteiger partial charge in [0.2, 0.25) is 5.91 Å². The van der Waals surface area contributed by atoms with Crippen LogP contribution >= 0.6 is 0 Å². The second-order valence-corrected chi connectivity index (χ2v) is 6.93. The number of halogens is 2. The van der Waals surface area contributed by atoms with Crippen molar-refractivity contribution < 1.29 is 13.6 Å². The van der Waals surface area contributed by atoms with Crippen LogP contribution in [0.5, 0.6) is 0 Å². The molecule has 1 aromatic heterocycles. The first-order chi connectivity index (χ1) is 13.3. The summed E-state index contributed by atoms with van der Waals surface area (Å²) in [6.45, 7) is 5.61. The van der Waals surface area contributed by atoms with Crippen molar-refractivity contribution in [2.75, 3.05) is 7.05 Å². The molecule has 0 bridgehead atoms. The molecule has 4 nitrogen and oxygen atoms in total. The molecule has 2 aromatic carbocycles. The molecule has 0 N–H and O–H groups in total. The Morgan fingerprint density at radius 2 is 1.79 bits per heavy atom. The molecule has 0 saturated carbocycles. The first-order valence-electron chi connectivity index (χ1n) is 9.10. The van der Waals surface area contributed by atoms with Gasteiger partial charge >= 0.3 is 0 Å². The maximum Gasteiger partial charge on any atom is 0.227 e. The number of hydrogen-bond donors (Lipinski definition) is 0. The van der Waals surface area contributed by atoms with Gasteiger partial charge in [0.15, 0.2) is 11.6 Å². The molecule has 0 aliphatic rings. The number of aromatic nitrogens is 2. The van der Waals surface area contributed by atoms with Crippen LogP contribution in [0.1, 0.15) is 35.5 Å². The number of carbonyl (C=O) groups is 1. The highest BCUT2D eigenvalue weighted by Crippen LogP contribution is 2.23. The summed E-state index contributed by atoms with van der Waals surface area (Å²) in [5.74, 6) is -1.93. The Labute approximate surface area is 163 Å². The van der Waals surface area contributed by atoms with Gasteiger partial charge in [-0.15, -0.1) is 0 Å². The zero-order chi connectivity index (χ0) is 20.4. The van der Waals surface area contributed by atoms with E-state index in [1.807, 2.05) is 48.9 Å². The van der Waals surface area contributed by atoms with Crippen molar-refractivity contribution in [1.29, 1.82) is 0 Å². The number of hydrogen-bond acceptors (Lipinski definition) is 2. The van der Waals surface area contributed by atoms with Crippen LogP contribution in [0.15, 0.2) is 48.5 Å². The standard InChI is InChI=1S/C22H23F2N3O/c1-14-19(16(3)27(25-14)18-8-6-5-7-9-18)13-22(28)26(4)15(2)17-10-11-20(23)21(24)12-17/h5-12,15H,13H2,1-4H3. The second-order valence-electron chi connectivity index (χ2n) is 6.93. The monoisotopic (exact) mass is 383 g/mol. The molecule has 0 radical (unpaired) electrons. The fourth-order valence-corrected chi connectivity index (χ4v) is 3.24. The zero-order valence-corrected chi connectivity index (χ0v) is 16.4. The van der Waals surface area contributed by atoms with E-state index in [1.165, 1.54) is 6.07 Å². The molecule has 1 amide bonds. The number of nitrogens with zero attached hydrogens (tertiary/aromatic N) is 3. The van der Waals surface area contributed by atoms with Crippen LogP contribution in [-0.4, -0.2) is 27.6 Å². The van der Waals surface area contributed by atoms with Crippen LogP contribution in [0, 0.1) is 25.5 Å². The smallest absolute Gasteiger partial charge is 0.227 e. The molecule has 0 aliphatic carbocycles. The molecule has 1 unspecified atom stereocenters. The number of rotatable bonds is 5. The normalized spacial score (nSPS) is 12.1. The van der Waals surface area contributed by atoms with Crippen LogP contribution < -0.4 is 0 Å². The lowest BCUT2D eigenvalue weighted by Gasteiger charge is -2.25. The minimum Gasteiger partial charge on any atom is -0.339 e. The zero-order valence-electron chi connectivity index (χ0n) is 16.4. The van der Waals surface area contributed by atoms with Crippen LogP contribution in [0.25, 0.3) is 5.69 Å². The highest BCUT2D eigenvalue weighted by atomic mass is 19.2. The highest BCUT2D eigenvalue weighted by Gasteiger charge is 2.22. The third-order valence-corrected chi connectivity index (χ3v) is 5.17. The Bertz CT molecular complexity index is 999. The summed E-state index contributed by atoms with van der Waals surface area (Å²) < 4.78 is 28.5. The van der Waals surface area contributed by atoms with Gasteiger partial charge in [0.1, 0.15) is 0 Å². The van der Waals surface area contributed by atoms with Crippen molar-refractivity contribution in [2.45, 2.75) is 33.2 Å². The molecule has 0 aliphatic heterocycles. The molecule has 1 heterocycles. The van der Waals surface area contributed by atoms with E-state index in [4.69, 9.17) is 0 Å². The minimum atomic E-state index is -0.916. The van der Waals surface area contributed by atoms with Crippen molar-refractivity contribution in [2.24, 2.45) is 0 Å². The molecule has 1 atom stereocenters. The Kier molecular flexibility index (Phi) is 5.58. The van der Waals surface area contributed by atoms with Crippen molar-refractivity contribution in [3.8, 4) is 5.69 Å². The van der Waals surface area contributed by atoms with Gasteiger partial charge in [-0.1, -0.05) is 24.3 Å². The average Bonchev–Trinajstić information content (AvgIpc) is 2.97. The number of para-hydroxylation sites is 1. The maximum absolute atomic E-state index is 13.5. The lowest BCUT2D eigenvalue weighted by molar-refractivity contribution is -0.131. The van der Waals surface area contributed by atoms with Crippen LogP contribution in [-0.2, 0) is 11.2 Å². The van der Waals surface area contributed by atoms with Crippen LogP contribution in [0.3, 0.4) is 0 Å². The number of amides is 1. The molecule has 3 aromatic rings. The molecular formula is C22H23F2N3O. The van der Waals surface area contributed by atoms with E-state index in [-0.39, 0.29) is 18.4 Å². The van der Waals surface area contributed by atoms with Gasteiger partial charge in [-0.3, -0.25) is 4.79 Å². The Hall–Kier alpha value is -3.02. The number of carbonyl (C=O) groups excluding carboxylic acids is 1. The summed E-state index contributed by atoms with van der Waals surface area (Å²) in [6, 6.07) is 13.1. The topological polar surface area (TPSA) is 38.1 Å². The molecule has 6 heteroatoms. The summed E-state index contributed by atoms with van der Waals surface area (Å²) >= 11 is 0. The third kappa shape index (κ3) is 3.81. The predicted molar refractivity (Wildman–Crippen MR) is 104 cm³/mol. The van der Waals surface area contributed by atoms with E-state index >= 15 is 0 Å². The van der Waals surface area contributed by atoms with E-state index in [2.05, 4.69) is 5.10 Å². The summed E-state index contributed by atoms with van der Waals surface area (Å²) in [6.07, 6.45) is 0.190. The SMILES string of the molecule is Cc1nn(-c2ccccc2)c(C)c1CC(=O)N(C)C(C)c1ccc(F)c(F)c1. The van der Waals surface area contributed by atoms with Crippen molar-refractivity contribution in [3.05, 3.63) is 82.7 Å². The Morgan fingerprint density at radius 3 is 2.43 bits per heavy atom. The molecule has 0 fully saturated rings. The van der Waals surface area contributed by atoms with E-state index in [9.17, 15) is 13.6 Å². The molecule has 0 saturated heterocycles. The summed E-state index contributed by atoms with van der Waals surface area (Å²) in [5.41, 5.74) is 4.06. The Morgan fingerprint density at radius 1 is 1.11 bits per heavy atom. The average molecular weight is 383 g/mol. The second kappa shape index (κ2) is 7.92. The Balaban J connectivity index is 1.80. The first kappa shape index (κ1) is 19.7. The van der Waals surface area contributed by atoms with E-state index in [0.717, 1.165) is 34.8 Å². The number of likely N-dealkylation sites (N-methyl/N-ethyl adjacent to an activating group) is 1. The van der Waals surface area contributed by atoms with Crippen LogP contribution in [0.4, 0.5) is 8.78 Å². The van der Waals surface area contributed by atoms with E-state index in [1.54, 1.807) is 18.9 Å². The predicted octanol–water partition coefficient (Wildman–Crippen LogP) is 4.53. The first-order valence-corrected chi connectivity index (χ1v) is 9.10. The third-order valence-electron chi connectivity index (χ3n) is 5.17. The van der Waals surface area contributed by atoms with Gasteiger partial charge in [0.25, 0.3) is 0 Å². The number of benzene rings is 2. The number of aryl methyl sites for hydroxylation is 1. The minimum absolute atomic E-state index is 0.115. The fourth-order valence-electron chi connectivity index (χ4n) is 3.24. The summed E-state index contributed by atoms with van der Waals surface area (Å²) in [5, 5.41) is 4.57.